The third kappa shape index (κ3) is 25.6. The van der Waals surface area contributed by atoms with Crippen LogP contribution in [0.5, 0.6) is 0 Å². The number of carbonyl (C=O) groups is 2. The molecule has 0 aliphatic carbocycles. The maximum atomic E-state index is 10.5. The zero-order chi connectivity index (χ0) is 22.3. The van der Waals surface area contributed by atoms with E-state index in [9.17, 15) is 9.59 Å². The van der Waals surface area contributed by atoms with Crippen LogP contribution in [0.1, 0.15) is 90.9 Å². The van der Waals surface area contributed by atoms with Crippen molar-refractivity contribution in [3.8, 4) is 0 Å². The number of nitrogens with zero attached hydrogens (tertiary/aromatic N) is 2. The van der Waals surface area contributed by atoms with Gasteiger partial charge < -0.3 is 13.8 Å². The molecule has 0 atom stereocenters. The van der Waals surface area contributed by atoms with Crippen molar-refractivity contribution in [1.29, 1.82) is 0 Å². The monoisotopic (exact) mass is 522 g/mol. The predicted molar refractivity (Wildman–Crippen MR) is 124 cm³/mol. The second-order valence-electron chi connectivity index (χ2n) is 7.32. The Kier molecular flexibility index (Phi) is 25.5. The van der Waals surface area contributed by atoms with Gasteiger partial charge in [0, 0.05) is 0 Å². The van der Waals surface area contributed by atoms with Crippen LogP contribution in [0.4, 0.5) is 0 Å². The van der Waals surface area contributed by atoms with Gasteiger partial charge in [-0.05, 0) is 0 Å². The maximum absolute atomic E-state index is 10.5. The van der Waals surface area contributed by atoms with Crippen molar-refractivity contribution in [2.24, 2.45) is 0 Å². The van der Waals surface area contributed by atoms with Crippen LogP contribution in [-0.4, -0.2) is 76.3 Å². The molecule has 1 fully saturated rings. The van der Waals surface area contributed by atoms with Crippen molar-refractivity contribution in [2.45, 2.75) is 90.9 Å². The summed E-state index contributed by atoms with van der Waals surface area (Å²) >= 11 is -1.01. The summed E-state index contributed by atoms with van der Waals surface area (Å²) in [6.07, 6.45) is 16.0. The maximum Gasteiger partial charge on any atom is -0.0534 e. The van der Waals surface area contributed by atoms with Crippen molar-refractivity contribution in [3.05, 3.63) is 13.8 Å². The Bertz CT molecular complexity index is 338. The molecule has 1 heterocycles. The van der Waals surface area contributed by atoms with Crippen LogP contribution in [0.2, 0.25) is 0 Å². The van der Waals surface area contributed by atoms with Crippen LogP contribution in [0.15, 0.2) is 0 Å². The SMILES string of the molecule is O=C([OH2+])C[N]1CC[N](CC(=O)[OH2+])[Sn]1.[CH2-]CCCCCCC.[CH2-]CCCCCCC. The second kappa shape index (κ2) is 23.9. The normalized spacial score (nSPS) is 13.9. The van der Waals surface area contributed by atoms with Gasteiger partial charge in [0.25, 0.3) is 0 Å². The molecule has 0 saturated carbocycles. The minimum absolute atomic E-state index is 0.189. The van der Waals surface area contributed by atoms with E-state index in [1.54, 1.807) is 0 Å². The fourth-order valence-electron chi connectivity index (χ4n) is 2.68. The summed E-state index contributed by atoms with van der Waals surface area (Å²) in [6.45, 7) is 14.0. The molecule has 6 nitrogen and oxygen atoms in total. The van der Waals surface area contributed by atoms with Gasteiger partial charge in [-0.15, -0.1) is 0 Å². The van der Waals surface area contributed by atoms with Crippen LogP contribution in [0, 0.1) is 13.8 Å². The molecule has 0 bridgehead atoms. The Morgan fingerprint density at radius 1 is 0.724 bits per heavy atom. The zero-order valence-electron chi connectivity index (χ0n) is 18.9. The summed E-state index contributed by atoms with van der Waals surface area (Å²) < 4.78 is 3.92. The number of unbranched alkanes of at least 4 members (excludes halogenated alkanes) is 10. The molecule has 0 aromatic heterocycles. The molecule has 0 unspecified atom stereocenters. The van der Waals surface area contributed by atoms with Gasteiger partial charge in [-0.1, -0.05) is 78.1 Å². The molecule has 2 radical (unpaired) electrons. The van der Waals surface area contributed by atoms with Gasteiger partial charge in [-0.25, -0.2) is 0 Å². The zero-order valence-corrected chi connectivity index (χ0v) is 21.8. The van der Waals surface area contributed by atoms with E-state index >= 15 is 0 Å². The summed E-state index contributed by atoms with van der Waals surface area (Å²) in [4.78, 5) is 20.9. The van der Waals surface area contributed by atoms with Gasteiger partial charge in [-0.3, -0.25) is 0 Å². The van der Waals surface area contributed by atoms with Gasteiger partial charge in [0.2, 0.25) is 0 Å². The van der Waals surface area contributed by atoms with Gasteiger partial charge in [0.1, 0.15) is 0 Å². The van der Waals surface area contributed by atoms with Gasteiger partial charge >= 0.3 is 85.9 Å². The first-order valence-electron chi connectivity index (χ1n) is 11.2. The molecule has 1 aliphatic heterocycles. The molecule has 4 N–H and O–H groups in total. The first kappa shape index (κ1) is 30.8. The fourth-order valence-corrected chi connectivity index (χ4v) is 6.18. The molecular weight excluding hydrogens is 475 g/mol. The Balaban J connectivity index is 0. The smallest absolute Gasteiger partial charge is 0.0534 e. The van der Waals surface area contributed by atoms with Crippen LogP contribution < -0.4 is 0 Å². The first-order valence-corrected chi connectivity index (χ1v) is 13.8. The van der Waals surface area contributed by atoms with E-state index < -0.39 is 33.6 Å². The predicted octanol–water partition coefficient (Wildman–Crippen LogP) is 3.00. The van der Waals surface area contributed by atoms with E-state index in [4.69, 9.17) is 10.2 Å². The molecule has 0 amide bonds. The standard InChI is InChI=1S/2C8H17.C6H10N2O4.Sn/c2*1-3-5-7-8-6-4-2;9-5(10)3-7-1-2-8-4-6(11)12;/h2*1,3-8H2,2H3;1-4H2,(H,9,10)(H,11,12);/q2*-1;-2;+2/p+2. The Hall–Kier alpha value is -0.341. The molecule has 172 valence electrons. The summed E-state index contributed by atoms with van der Waals surface area (Å²) in [5.41, 5.74) is 0. The van der Waals surface area contributed by atoms with Gasteiger partial charge in [0.15, 0.2) is 0 Å². The third-order valence-electron chi connectivity index (χ3n) is 4.30. The molecule has 0 spiro atoms. The quantitative estimate of drug-likeness (QED) is 0.152. The van der Waals surface area contributed by atoms with Gasteiger partial charge in [0.05, 0.1) is 0 Å². The number of hydrogen-bond acceptors (Lipinski definition) is 4. The first-order chi connectivity index (χ1) is 13.9. The third-order valence-corrected chi connectivity index (χ3v) is 8.09. The summed E-state index contributed by atoms with van der Waals surface area (Å²) in [5.74, 6) is -1.14. The van der Waals surface area contributed by atoms with Crippen molar-refractivity contribution in [2.75, 3.05) is 26.2 Å². The summed E-state index contributed by atoms with van der Waals surface area (Å²) in [7, 11) is 0. The molecule has 29 heavy (non-hydrogen) atoms. The molecule has 0 aromatic carbocycles. The van der Waals surface area contributed by atoms with Crippen molar-refractivity contribution < 1.29 is 19.8 Å². The van der Waals surface area contributed by atoms with Crippen molar-refractivity contribution >= 4 is 33.6 Å². The van der Waals surface area contributed by atoms with Crippen molar-refractivity contribution in [3.63, 3.8) is 0 Å². The van der Waals surface area contributed by atoms with E-state index in [-0.39, 0.29) is 13.1 Å². The molecule has 1 aliphatic rings. The average Bonchev–Trinajstić information content (AvgIpc) is 3.09. The molecule has 1 saturated heterocycles. The minimum Gasteiger partial charge on any atom is -0.343 e. The minimum atomic E-state index is -1.01. The van der Waals surface area contributed by atoms with Crippen molar-refractivity contribution in [1.82, 2.24) is 6.24 Å². The Morgan fingerprint density at radius 3 is 1.34 bits per heavy atom. The summed E-state index contributed by atoms with van der Waals surface area (Å²) in [5, 5.41) is 13.5. The number of rotatable bonds is 14. The van der Waals surface area contributed by atoms with E-state index in [1.165, 1.54) is 64.2 Å². The van der Waals surface area contributed by atoms with E-state index in [0.717, 1.165) is 25.9 Å². The van der Waals surface area contributed by atoms with Gasteiger partial charge in [-0.2, -0.15) is 12.8 Å². The molecular formula is C22H46N2O4Sn. The Morgan fingerprint density at radius 2 is 1.07 bits per heavy atom. The molecule has 7 heteroatoms. The van der Waals surface area contributed by atoms with Crippen LogP contribution >= 0.6 is 0 Å². The molecule has 1 rings (SSSR count). The van der Waals surface area contributed by atoms with Crippen LogP contribution in [0.3, 0.4) is 0 Å². The van der Waals surface area contributed by atoms with E-state index in [0.29, 0.717) is 0 Å². The number of carbonyl (C=O) groups excluding carboxylic acids is 2. The fraction of sp³-hybridized carbons (Fsp3) is 0.818. The second-order valence-corrected chi connectivity index (χ2v) is 11.5. The van der Waals surface area contributed by atoms with E-state index in [1.807, 2.05) is 6.24 Å². The largest absolute Gasteiger partial charge is 0.343 e. The summed E-state index contributed by atoms with van der Waals surface area (Å²) in [6, 6.07) is 0. The average molecular weight is 521 g/mol. The van der Waals surface area contributed by atoms with Crippen LogP contribution in [0.25, 0.3) is 0 Å². The van der Waals surface area contributed by atoms with Crippen LogP contribution in [-0.2, 0) is 9.59 Å². The topological polar surface area (TPSA) is 86.4 Å². The number of hydrogen-bond donors (Lipinski definition) is 0. The Labute approximate surface area is 190 Å². The van der Waals surface area contributed by atoms with E-state index in [2.05, 4.69) is 27.7 Å². The molecule has 0 aromatic rings.